The van der Waals surface area contributed by atoms with Crippen LogP contribution in [0, 0.1) is 169 Å². The second-order valence-corrected chi connectivity index (χ2v) is 32.4. The maximum absolute atomic E-state index is 12.6. The number of halogens is 6. The Kier molecular flexibility index (Phi) is 50.4. The summed E-state index contributed by atoms with van der Waals surface area (Å²) >= 11 is 0. The van der Waals surface area contributed by atoms with Crippen molar-refractivity contribution in [2.45, 2.75) is 301 Å². The number of hydrogen-bond donors (Lipinski definition) is 0. The summed E-state index contributed by atoms with van der Waals surface area (Å²) in [7, 11) is 0. The maximum Gasteiger partial charge on any atom is 0.154 e. The summed E-state index contributed by atoms with van der Waals surface area (Å²) < 4.78 is 96.2. The van der Waals surface area contributed by atoms with Gasteiger partial charge >= 0.3 is 0 Å². The minimum atomic E-state index is -0.475. The highest BCUT2D eigenvalue weighted by molar-refractivity contribution is 5.26. The van der Waals surface area contributed by atoms with E-state index in [2.05, 4.69) is 127 Å². The fraction of sp³-hybridized carbons (Fsp3) is 0.652. The highest BCUT2D eigenvalue weighted by Gasteiger charge is 2.18. The van der Waals surface area contributed by atoms with E-state index in [1.165, 1.54) is 183 Å². The van der Waals surface area contributed by atoms with E-state index in [4.69, 9.17) is 18.9 Å². The van der Waals surface area contributed by atoms with Gasteiger partial charge in [0.25, 0.3) is 0 Å². The number of hydrogen-bond acceptors (Lipinski definition) is 4. The first-order valence-electron chi connectivity index (χ1n) is 39.4. The van der Waals surface area contributed by atoms with Crippen molar-refractivity contribution in [2.24, 2.45) is 65.1 Å². The molecule has 0 amide bonds. The Hall–Kier alpha value is -4.74. The van der Waals surface area contributed by atoms with E-state index in [1.807, 2.05) is 39.8 Å². The van der Waals surface area contributed by atoms with Crippen LogP contribution < -0.4 is 0 Å². The van der Waals surface area contributed by atoms with Gasteiger partial charge in [0.15, 0.2) is 12.6 Å². The van der Waals surface area contributed by atoms with Gasteiger partial charge in [0.05, 0.1) is 26.4 Å². The summed E-state index contributed by atoms with van der Waals surface area (Å²) in [4.78, 5) is 0. The first-order valence-corrected chi connectivity index (χ1v) is 39.4. The fourth-order valence-corrected chi connectivity index (χ4v) is 11.8. The predicted molar refractivity (Wildman–Crippen MR) is 431 cm³/mol. The molecule has 0 spiro atoms. The Morgan fingerprint density at radius 1 is 0.255 bits per heavy atom. The summed E-state index contributed by atoms with van der Waals surface area (Å²) in [6.45, 7) is 52.6. The fourth-order valence-electron chi connectivity index (χ4n) is 11.8. The normalized spacial score (nSPS) is 25.4. The summed E-state index contributed by atoms with van der Waals surface area (Å²) in [5.41, 5.74) is 9.00. The molecule has 2 aliphatic heterocycles. The Morgan fingerprint density at radius 2 is 0.471 bits per heavy atom. The Bertz CT molecular complexity index is 2600. The zero-order chi connectivity index (χ0) is 77.0. The van der Waals surface area contributed by atoms with Gasteiger partial charge < -0.3 is 18.9 Å². The Morgan fingerprint density at radius 3 is 0.647 bits per heavy atom. The van der Waals surface area contributed by atoms with Crippen LogP contribution in [0.2, 0.25) is 0 Å². The van der Waals surface area contributed by atoms with Gasteiger partial charge in [0, 0.05) is 27.2 Å². The van der Waals surface area contributed by atoms with Crippen molar-refractivity contribution >= 4 is 0 Å². The van der Waals surface area contributed by atoms with Crippen LogP contribution in [-0.4, -0.2) is 39.0 Å². The van der Waals surface area contributed by atoms with Crippen LogP contribution in [0.5, 0.6) is 0 Å². The minimum Gasteiger partial charge on any atom is -0.353 e. The molecule has 0 N–H and O–H groups in total. The first-order chi connectivity index (χ1) is 47.9. The molecule has 12 rings (SSSR count). The molecule has 4 saturated carbocycles. The molecule has 5 aromatic rings. The molecule has 6 fully saturated rings. The minimum absolute atomic E-state index is 0. The van der Waals surface area contributed by atoms with Crippen molar-refractivity contribution in [3.63, 3.8) is 0 Å². The van der Waals surface area contributed by atoms with Crippen LogP contribution in [0.4, 0.5) is 26.3 Å². The van der Waals surface area contributed by atoms with Crippen LogP contribution in [-0.2, 0) is 18.9 Å². The third kappa shape index (κ3) is 47.7. The molecule has 2 saturated heterocycles. The number of rotatable bonds is 0. The summed E-state index contributed by atoms with van der Waals surface area (Å²) in [5, 5.41) is 0. The number of aryl methyl sites for hydroxylation is 8. The van der Waals surface area contributed by atoms with Crippen molar-refractivity contribution in [2.75, 3.05) is 26.4 Å². The van der Waals surface area contributed by atoms with Crippen LogP contribution in [0.25, 0.3) is 0 Å². The lowest BCUT2D eigenvalue weighted by molar-refractivity contribution is -0.187. The predicted octanol–water partition coefficient (Wildman–Crippen LogP) is 29.2. The van der Waals surface area contributed by atoms with Gasteiger partial charge in [-0.05, 0) is 232 Å². The van der Waals surface area contributed by atoms with Crippen molar-refractivity contribution in [3.05, 3.63) is 187 Å². The van der Waals surface area contributed by atoms with E-state index < -0.39 is 23.3 Å². The van der Waals surface area contributed by atoms with Gasteiger partial charge in [-0.2, -0.15) is 0 Å². The third-order valence-corrected chi connectivity index (χ3v) is 20.3. The second kappa shape index (κ2) is 53.9. The molecule has 10 heteroatoms. The topological polar surface area (TPSA) is 36.9 Å². The highest BCUT2D eigenvalue weighted by Crippen LogP contribution is 2.30. The average molecular weight is 1440 g/mol. The van der Waals surface area contributed by atoms with Crippen molar-refractivity contribution in [1.82, 2.24) is 0 Å². The van der Waals surface area contributed by atoms with Gasteiger partial charge in [-0.3, -0.25) is 0 Å². The smallest absolute Gasteiger partial charge is 0.154 e. The molecular formula is C92H152F6O4. The van der Waals surface area contributed by atoms with E-state index >= 15 is 0 Å². The van der Waals surface area contributed by atoms with Gasteiger partial charge in [0.1, 0.15) is 34.9 Å². The lowest BCUT2D eigenvalue weighted by atomic mass is 9.84. The van der Waals surface area contributed by atoms with Crippen LogP contribution in [0.1, 0.15) is 279 Å². The monoisotopic (exact) mass is 1440 g/mol. The molecule has 1 unspecified atom stereocenters. The van der Waals surface area contributed by atoms with E-state index in [0.717, 1.165) is 90.8 Å². The molecule has 1 atom stereocenters. The Balaban J connectivity index is -0.00000108. The van der Waals surface area contributed by atoms with Crippen LogP contribution in [0.15, 0.2) is 96.6 Å². The first kappa shape index (κ1) is 95.3. The molecule has 0 bridgehead atoms. The van der Waals surface area contributed by atoms with Crippen molar-refractivity contribution < 1.29 is 49.6 Å². The Labute approximate surface area is 626 Å². The van der Waals surface area contributed by atoms with E-state index in [9.17, 15) is 26.3 Å². The molecule has 7 aliphatic rings. The summed E-state index contributed by atoms with van der Waals surface area (Å²) in [6.07, 6.45) is 30.0. The lowest BCUT2D eigenvalue weighted by Gasteiger charge is -2.24. The van der Waals surface area contributed by atoms with Crippen LogP contribution in [0.3, 0.4) is 0 Å². The van der Waals surface area contributed by atoms with E-state index in [0.29, 0.717) is 34.1 Å². The molecular weight excluding hydrogens is 1280 g/mol. The van der Waals surface area contributed by atoms with E-state index in [1.54, 1.807) is 45.4 Å². The lowest BCUT2D eigenvalue weighted by Crippen LogP contribution is -2.27. The van der Waals surface area contributed by atoms with Gasteiger partial charge in [0.2, 0.25) is 0 Å². The molecule has 5 aromatic carbocycles. The molecule has 102 heavy (non-hydrogen) atoms. The van der Waals surface area contributed by atoms with Crippen molar-refractivity contribution in [3.8, 4) is 0 Å². The van der Waals surface area contributed by atoms with Gasteiger partial charge in [-0.25, -0.2) is 26.3 Å². The third-order valence-electron chi connectivity index (χ3n) is 20.3. The SMILES string of the molecule is CC1=CCC(C)CC1.CC1CCC(C)CC1.CC1CCC(C)CC1.CC1CCC(C)CC1.CC1CCC(C)CC1.CC1COC(C)OC1.CC1COC(C)OC1.Cc1cc(F)c(C)c(F)c1.Cc1cc(F)c(C)c(F)c1.Cc1ccc(C)c(F)c1.Cc1ccc(C)c(F)c1.Cc1ccc(C)cc1.[HH].[HH].[HH]. The largest absolute Gasteiger partial charge is 0.353 e. The second-order valence-electron chi connectivity index (χ2n) is 32.4. The zero-order valence-corrected chi connectivity index (χ0v) is 68.8. The maximum atomic E-state index is 12.6. The zero-order valence-electron chi connectivity index (χ0n) is 68.8. The standard InChI is InChI=1S/2C8H8F2.2C8H9F.4C8H16.C8H14.C8H10.2C6H12O2.3H2/c2*1-5-3-7(9)6(2)8(10)4-5;2*1-6-3-4-7(2)8(9)5-6;6*1-7-3-5-8(2)6-4-7;2*1-5-3-7-6(2)8-4-5;;;/h2*3-4H,1-2H3;2*3-5H,1-2H3;4*7-8H,3-6H2,1-2H3;3,8H,4-6H2,1-2H3;3-6H,1-2H3;2*5-6H,3-4H2,1-2H3;3*1H. The summed E-state index contributed by atoms with van der Waals surface area (Å²) in [5.74, 6) is 8.12. The molecule has 586 valence electrons. The molecule has 4 nitrogen and oxygen atoms in total. The molecule has 0 radical (unpaired) electrons. The number of ether oxygens (including phenoxy) is 4. The van der Waals surface area contributed by atoms with Gasteiger partial charge in [-0.15, -0.1) is 0 Å². The highest BCUT2D eigenvalue weighted by atomic mass is 19.2. The van der Waals surface area contributed by atoms with E-state index in [-0.39, 0.29) is 39.6 Å². The quantitative estimate of drug-likeness (QED) is 0.114. The number of benzene rings is 5. The molecule has 5 aliphatic carbocycles. The molecule has 0 aromatic heterocycles. The van der Waals surface area contributed by atoms with Gasteiger partial charge in [-0.1, -0.05) is 250 Å². The van der Waals surface area contributed by atoms with Crippen molar-refractivity contribution in [1.29, 1.82) is 0 Å². The molecule has 2 heterocycles. The summed E-state index contributed by atoms with van der Waals surface area (Å²) in [6, 6.07) is 24.2. The average Bonchev–Trinajstić information content (AvgIpc) is 0.875. The number of allylic oxidation sites excluding steroid dienone is 2. The van der Waals surface area contributed by atoms with Crippen LogP contribution >= 0.6 is 0 Å².